The molecule has 20 heavy (non-hydrogen) atoms. The Morgan fingerprint density at radius 2 is 1.35 bits per heavy atom. The zero-order valence-electron chi connectivity index (χ0n) is 11.6. The normalized spacial score (nSPS) is 10.9. The molecule has 0 aliphatic rings. The van der Waals surface area contributed by atoms with E-state index in [2.05, 4.69) is 29.2 Å². The first-order valence-corrected chi connectivity index (χ1v) is 6.92. The fourth-order valence-corrected chi connectivity index (χ4v) is 2.35. The number of aliphatic hydroxyl groups is 2. The molecule has 0 amide bonds. The minimum absolute atomic E-state index is 0.105. The van der Waals surface area contributed by atoms with Gasteiger partial charge in [-0.05, 0) is 16.7 Å². The van der Waals surface area contributed by atoms with Crippen molar-refractivity contribution in [3.05, 3.63) is 60.2 Å². The van der Waals surface area contributed by atoms with Crippen molar-refractivity contribution < 1.29 is 10.2 Å². The first-order valence-electron chi connectivity index (χ1n) is 6.92. The Bertz CT molecular complexity index is 507. The van der Waals surface area contributed by atoms with Crippen LogP contribution in [0.2, 0.25) is 0 Å². The van der Waals surface area contributed by atoms with Crippen LogP contribution in [-0.2, 0) is 6.54 Å². The fourth-order valence-electron chi connectivity index (χ4n) is 2.35. The summed E-state index contributed by atoms with van der Waals surface area (Å²) in [5, 5.41) is 18.2. The van der Waals surface area contributed by atoms with Crippen molar-refractivity contribution in [3.63, 3.8) is 0 Å². The monoisotopic (exact) mass is 271 g/mol. The van der Waals surface area contributed by atoms with Gasteiger partial charge >= 0.3 is 0 Å². The lowest BCUT2D eigenvalue weighted by Gasteiger charge is -2.22. The van der Waals surface area contributed by atoms with Crippen LogP contribution in [0.15, 0.2) is 54.6 Å². The van der Waals surface area contributed by atoms with Gasteiger partial charge in [-0.2, -0.15) is 0 Å². The van der Waals surface area contributed by atoms with E-state index in [1.807, 2.05) is 30.3 Å². The number of aliphatic hydroxyl groups excluding tert-OH is 2. The van der Waals surface area contributed by atoms with Gasteiger partial charge in [-0.3, -0.25) is 4.90 Å². The van der Waals surface area contributed by atoms with E-state index >= 15 is 0 Å². The van der Waals surface area contributed by atoms with Gasteiger partial charge in [-0.15, -0.1) is 0 Å². The Morgan fingerprint density at radius 1 is 0.750 bits per heavy atom. The summed E-state index contributed by atoms with van der Waals surface area (Å²) in [4.78, 5) is 2.06. The van der Waals surface area contributed by atoms with E-state index in [1.54, 1.807) is 0 Å². The van der Waals surface area contributed by atoms with Gasteiger partial charge in [-0.1, -0.05) is 54.6 Å². The molecule has 3 nitrogen and oxygen atoms in total. The lowest BCUT2D eigenvalue weighted by Crippen LogP contribution is -2.29. The predicted molar refractivity (Wildman–Crippen MR) is 81.3 cm³/mol. The lowest BCUT2D eigenvalue weighted by molar-refractivity contribution is 0.156. The highest BCUT2D eigenvalue weighted by atomic mass is 16.3. The van der Waals surface area contributed by atoms with Gasteiger partial charge in [0.2, 0.25) is 0 Å². The highest BCUT2D eigenvalue weighted by Gasteiger charge is 2.09. The highest BCUT2D eigenvalue weighted by Crippen LogP contribution is 2.24. The van der Waals surface area contributed by atoms with Crippen molar-refractivity contribution in [2.24, 2.45) is 0 Å². The maximum atomic E-state index is 9.10. The number of rotatable bonds is 7. The molecule has 0 fully saturated rings. The van der Waals surface area contributed by atoms with Gasteiger partial charge in [-0.25, -0.2) is 0 Å². The quantitative estimate of drug-likeness (QED) is 0.811. The van der Waals surface area contributed by atoms with Crippen LogP contribution in [-0.4, -0.2) is 41.4 Å². The van der Waals surface area contributed by atoms with E-state index in [-0.39, 0.29) is 13.2 Å². The number of hydrogen-bond acceptors (Lipinski definition) is 3. The van der Waals surface area contributed by atoms with E-state index in [4.69, 9.17) is 10.2 Å². The standard InChI is InChI=1S/C17H21NO2/c19-12-10-18(11-13-20)14-16-8-4-5-9-17(16)15-6-2-1-3-7-15/h1-9,19-20H,10-14H2. The Balaban J connectivity index is 2.23. The van der Waals surface area contributed by atoms with Crippen LogP contribution in [0.1, 0.15) is 5.56 Å². The van der Waals surface area contributed by atoms with Gasteiger partial charge in [0.1, 0.15) is 0 Å². The summed E-state index contributed by atoms with van der Waals surface area (Å²) in [6.07, 6.45) is 0. The molecule has 0 bridgehead atoms. The second-order valence-corrected chi connectivity index (χ2v) is 4.75. The highest BCUT2D eigenvalue weighted by molar-refractivity contribution is 5.67. The average molecular weight is 271 g/mol. The summed E-state index contributed by atoms with van der Waals surface area (Å²) in [6, 6.07) is 18.5. The molecule has 2 rings (SSSR count). The van der Waals surface area contributed by atoms with E-state index < -0.39 is 0 Å². The molecule has 0 unspecified atom stereocenters. The van der Waals surface area contributed by atoms with Crippen LogP contribution < -0.4 is 0 Å². The number of benzene rings is 2. The number of nitrogens with zero attached hydrogens (tertiary/aromatic N) is 1. The molecule has 0 aromatic heterocycles. The molecule has 0 atom stereocenters. The molecule has 0 spiro atoms. The minimum Gasteiger partial charge on any atom is -0.395 e. The van der Waals surface area contributed by atoms with E-state index in [1.165, 1.54) is 16.7 Å². The Hall–Kier alpha value is -1.68. The molecular formula is C17H21NO2. The summed E-state index contributed by atoms with van der Waals surface area (Å²) in [7, 11) is 0. The molecule has 0 heterocycles. The second-order valence-electron chi connectivity index (χ2n) is 4.75. The van der Waals surface area contributed by atoms with Gasteiger partial charge in [0.15, 0.2) is 0 Å². The van der Waals surface area contributed by atoms with Crippen molar-refractivity contribution in [1.29, 1.82) is 0 Å². The lowest BCUT2D eigenvalue weighted by atomic mass is 9.99. The van der Waals surface area contributed by atoms with Crippen LogP contribution in [0.25, 0.3) is 11.1 Å². The minimum atomic E-state index is 0.105. The number of hydrogen-bond donors (Lipinski definition) is 2. The van der Waals surface area contributed by atoms with Gasteiger partial charge < -0.3 is 10.2 Å². The molecule has 0 radical (unpaired) electrons. The van der Waals surface area contributed by atoms with Crippen LogP contribution in [0.3, 0.4) is 0 Å². The van der Waals surface area contributed by atoms with Crippen molar-refractivity contribution in [3.8, 4) is 11.1 Å². The van der Waals surface area contributed by atoms with Crippen LogP contribution in [0.5, 0.6) is 0 Å². The molecule has 106 valence electrons. The first-order chi connectivity index (χ1) is 9.85. The molecule has 0 aliphatic carbocycles. The van der Waals surface area contributed by atoms with Gasteiger partial charge in [0.05, 0.1) is 13.2 Å². The molecular weight excluding hydrogens is 250 g/mol. The molecule has 0 saturated heterocycles. The smallest absolute Gasteiger partial charge is 0.0558 e. The summed E-state index contributed by atoms with van der Waals surface area (Å²) in [5.41, 5.74) is 3.60. The zero-order valence-corrected chi connectivity index (χ0v) is 11.6. The van der Waals surface area contributed by atoms with Gasteiger partial charge in [0.25, 0.3) is 0 Å². The molecule has 3 heteroatoms. The summed E-state index contributed by atoms with van der Waals surface area (Å²) >= 11 is 0. The van der Waals surface area contributed by atoms with E-state index in [0.717, 1.165) is 6.54 Å². The molecule has 2 aromatic carbocycles. The maximum absolute atomic E-state index is 9.10. The van der Waals surface area contributed by atoms with Crippen LogP contribution >= 0.6 is 0 Å². The summed E-state index contributed by atoms with van der Waals surface area (Å²) in [5.74, 6) is 0. The van der Waals surface area contributed by atoms with E-state index in [9.17, 15) is 0 Å². The average Bonchev–Trinajstić information content (AvgIpc) is 2.49. The SMILES string of the molecule is OCCN(CCO)Cc1ccccc1-c1ccccc1. The molecule has 0 aliphatic heterocycles. The van der Waals surface area contributed by atoms with Crippen molar-refractivity contribution in [1.82, 2.24) is 4.90 Å². The van der Waals surface area contributed by atoms with Crippen LogP contribution in [0.4, 0.5) is 0 Å². The summed E-state index contributed by atoms with van der Waals surface area (Å²) in [6.45, 7) is 2.08. The van der Waals surface area contributed by atoms with Crippen molar-refractivity contribution >= 4 is 0 Å². The first kappa shape index (κ1) is 14.7. The molecule has 2 N–H and O–H groups in total. The molecule has 0 saturated carbocycles. The Morgan fingerprint density at radius 3 is 2.00 bits per heavy atom. The Kier molecular flexibility index (Phi) is 5.74. The third-order valence-electron chi connectivity index (χ3n) is 3.33. The maximum Gasteiger partial charge on any atom is 0.0558 e. The topological polar surface area (TPSA) is 43.7 Å². The van der Waals surface area contributed by atoms with E-state index in [0.29, 0.717) is 13.1 Å². The molecule has 2 aromatic rings. The van der Waals surface area contributed by atoms with Crippen molar-refractivity contribution in [2.45, 2.75) is 6.54 Å². The predicted octanol–water partition coefficient (Wildman–Crippen LogP) is 2.14. The van der Waals surface area contributed by atoms with Crippen molar-refractivity contribution in [2.75, 3.05) is 26.3 Å². The largest absolute Gasteiger partial charge is 0.395 e. The van der Waals surface area contributed by atoms with Gasteiger partial charge in [0, 0.05) is 19.6 Å². The Labute approximate surface area is 120 Å². The van der Waals surface area contributed by atoms with Crippen LogP contribution in [0, 0.1) is 0 Å². The third-order valence-corrected chi connectivity index (χ3v) is 3.33. The fraction of sp³-hybridized carbons (Fsp3) is 0.294. The zero-order chi connectivity index (χ0) is 14.2. The third kappa shape index (κ3) is 3.90. The summed E-state index contributed by atoms with van der Waals surface area (Å²) < 4.78 is 0. The second kappa shape index (κ2) is 7.80.